The number of nitrogens with one attached hydrogen (secondary N) is 3. The van der Waals surface area contributed by atoms with Crippen LogP contribution in [0.25, 0.3) is 0 Å². The first-order chi connectivity index (χ1) is 12.0. The maximum absolute atomic E-state index is 12.1. The molecule has 8 N–H and O–H groups in total. The molecule has 0 aromatic rings. The van der Waals surface area contributed by atoms with Gasteiger partial charge in [0.15, 0.2) is 0 Å². The first-order valence-electron chi connectivity index (χ1n) is 7.36. The molecule has 148 valence electrons. The van der Waals surface area contributed by atoms with Crippen LogP contribution in [0.1, 0.15) is 13.3 Å². The van der Waals surface area contributed by atoms with E-state index < -0.39 is 66.9 Å². The number of carbonyl (C=O) groups excluding carboxylic acids is 3. The standard InChI is InChI=1S/C13H22N4O8S/c1-5(13(24)25)15-11(22)7(3-18)16-12(23)8(4-26)17-10(21)6(14)2-9(19)20/h5-8,18,26H,2-4,14H2,1H3,(H,15,22)(H,16,23)(H,17,21)(H,19,20)(H,24,25). The third-order valence-electron chi connectivity index (χ3n) is 3.09. The first-order valence-corrected chi connectivity index (χ1v) is 7.99. The summed E-state index contributed by atoms with van der Waals surface area (Å²) >= 11 is 3.88. The second-order valence-electron chi connectivity index (χ2n) is 5.26. The van der Waals surface area contributed by atoms with Gasteiger partial charge in [-0.25, -0.2) is 0 Å². The number of hydrogen-bond donors (Lipinski definition) is 8. The van der Waals surface area contributed by atoms with Gasteiger partial charge in [0.25, 0.3) is 0 Å². The fraction of sp³-hybridized carbons (Fsp3) is 0.615. The van der Waals surface area contributed by atoms with E-state index in [1.54, 1.807) is 0 Å². The van der Waals surface area contributed by atoms with Gasteiger partial charge in [-0.3, -0.25) is 24.0 Å². The average Bonchev–Trinajstić information content (AvgIpc) is 2.55. The van der Waals surface area contributed by atoms with E-state index in [9.17, 15) is 29.1 Å². The number of carbonyl (C=O) groups is 5. The number of thiol groups is 1. The maximum Gasteiger partial charge on any atom is 0.325 e. The molecule has 13 heteroatoms. The number of nitrogens with two attached hydrogens (primary N) is 1. The summed E-state index contributed by atoms with van der Waals surface area (Å²) in [6.07, 6.45) is -0.651. The second kappa shape index (κ2) is 11.3. The fourth-order valence-corrected chi connectivity index (χ4v) is 1.85. The number of aliphatic carboxylic acids is 2. The number of amides is 3. The molecule has 0 rings (SSSR count). The van der Waals surface area contributed by atoms with Crippen molar-refractivity contribution >= 4 is 42.3 Å². The molecule has 0 aromatic heterocycles. The smallest absolute Gasteiger partial charge is 0.325 e. The van der Waals surface area contributed by atoms with Gasteiger partial charge < -0.3 is 37.0 Å². The van der Waals surface area contributed by atoms with Crippen molar-refractivity contribution in [1.29, 1.82) is 0 Å². The Morgan fingerprint density at radius 3 is 1.88 bits per heavy atom. The van der Waals surface area contributed by atoms with Gasteiger partial charge >= 0.3 is 11.9 Å². The predicted octanol–water partition coefficient (Wildman–Crippen LogP) is -3.73. The fourth-order valence-electron chi connectivity index (χ4n) is 1.60. The zero-order chi connectivity index (χ0) is 20.4. The molecule has 0 aromatic carbocycles. The third-order valence-corrected chi connectivity index (χ3v) is 3.46. The van der Waals surface area contributed by atoms with Crippen molar-refractivity contribution in [3.05, 3.63) is 0 Å². The van der Waals surface area contributed by atoms with E-state index in [2.05, 4.69) is 28.6 Å². The summed E-state index contributed by atoms with van der Waals surface area (Å²) in [5, 5.41) is 32.9. The van der Waals surface area contributed by atoms with E-state index in [-0.39, 0.29) is 5.75 Å². The van der Waals surface area contributed by atoms with Gasteiger partial charge in [-0.2, -0.15) is 12.6 Å². The summed E-state index contributed by atoms with van der Waals surface area (Å²) < 4.78 is 0. The van der Waals surface area contributed by atoms with Gasteiger partial charge in [0.2, 0.25) is 17.7 Å². The van der Waals surface area contributed by atoms with Crippen LogP contribution in [-0.2, 0) is 24.0 Å². The molecule has 0 fully saturated rings. The van der Waals surface area contributed by atoms with E-state index >= 15 is 0 Å². The lowest BCUT2D eigenvalue weighted by Gasteiger charge is -2.22. The summed E-state index contributed by atoms with van der Waals surface area (Å²) in [5.74, 6) is -5.57. The Bertz CT molecular complexity index is 558. The lowest BCUT2D eigenvalue weighted by atomic mass is 10.2. The molecular weight excluding hydrogens is 372 g/mol. The van der Waals surface area contributed by atoms with Crippen LogP contribution in [0.4, 0.5) is 0 Å². The highest BCUT2D eigenvalue weighted by atomic mass is 32.1. The average molecular weight is 394 g/mol. The molecule has 0 heterocycles. The van der Waals surface area contributed by atoms with Gasteiger partial charge in [0.05, 0.1) is 19.1 Å². The molecule has 26 heavy (non-hydrogen) atoms. The quantitative estimate of drug-likeness (QED) is 0.162. The summed E-state index contributed by atoms with van der Waals surface area (Å²) in [6.45, 7) is 0.368. The Balaban J connectivity index is 4.84. The molecule has 0 aliphatic heterocycles. The number of aliphatic hydroxyl groups is 1. The molecule has 0 aliphatic rings. The zero-order valence-corrected chi connectivity index (χ0v) is 14.7. The topological polar surface area (TPSA) is 208 Å². The lowest BCUT2D eigenvalue weighted by molar-refractivity contribution is -0.142. The normalized spacial score (nSPS) is 15.1. The van der Waals surface area contributed by atoms with Crippen molar-refractivity contribution < 1.29 is 39.3 Å². The van der Waals surface area contributed by atoms with Crippen molar-refractivity contribution in [2.24, 2.45) is 5.73 Å². The monoisotopic (exact) mass is 394 g/mol. The Kier molecular flexibility index (Phi) is 10.2. The minimum Gasteiger partial charge on any atom is -0.481 e. The number of carboxylic acids is 2. The number of hydrogen-bond acceptors (Lipinski definition) is 8. The Morgan fingerprint density at radius 2 is 1.46 bits per heavy atom. The van der Waals surface area contributed by atoms with Crippen molar-refractivity contribution in [3.63, 3.8) is 0 Å². The Morgan fingerprint density at radius 1 is 0.962 bits per heavy atom. The van der Waals surface area contributed by atoms with Crippen molar-refractivity contribution in [2.45, 2.75) is 37.5 Å². The van der Waals surface area contributed by atoms with Crippen molar-refractivity contribution in [1.82, 2.24) is 16.0 Å². The molecule has 0 spiro atoms. The number of rotatable bonds is 11. The predicted molar refractivity (Wildman–Crippen MR) is 90.3 cm³/mol. The third kappa shape index (κ3) is 8.13. The van der Waals surface area contributed by atoms with E-state index in [1.165, 1.54) is 6.92 Å². The van der Waals surface area contributed by atoms with Crippen LogP contribution in [0, 0.1) is 0 Å². The van der Waals surface area contributed by atoms with Crippen LogP contribution >= 0.6 is 12.6 Å². The summed E-state index contributed by atoms with van der Waals surface area (Å²) in [4.78, 5) is 56.9. The van der Waals surface area contributed by atoms with Crippen LogP contribution in [0.15, 0.2) is 0 Å². The van der Waals surface area contributed by atoms with Crippen molar-refractivity contribution in [3.8, 4) is 0 Å². The van der Waals surface area contributed by atoms with Crippen LogP contribution in [0.5, 0.6) is 0 Å². The van der Waals surface area contributed by atoms with Crippen LogP contribution in [0.2, 0.25) is 0 Å². The lowest BCUT2D eigenvalue weighted by Crippen LogP contribution is -2.58. The summed E-state index contributed by atoms with van der Waals surface area (Å²) in [7, 11) is 0. The maximum atomic E-state index is 12.1. The van der Waals surface area contributed by atoms with E-state index in [0.29, 0.717) is 0 Å². The van der Waals surface area contributed by atoms with Gasteiger partial charge in [-0.15, -0.1) is 0 Å². The highest BCUT2D eigenvalue weighted by molar-refractivity contribution is 7.80. The van der Waals surface area contributed by atoms with E-state index in [1.807, 2.05) is 0 Å². The molecule has 0 aliphatic carbocycles. The van der Waals surface area contributed by atoms with Crippen LogP contribution in [0.3, 0.4) is 0 Å². The van der Waals surface area contributed by atoms with E-state index in [0.717, 1.165) is 0 Å². The van der Waals surface area contributed by atoms with Gasteiger partial charge in [0, 0.05) is 5.75 Å². The van der Waals surface area contributed by atoms with Crippen LogP contribution < -0.4 is 21.7 Å². The molecule has 0 saturated heterocycles. The highest BCUT2D eigenvalue weighted by Gasteiger charge is 2.28. The molecule has 3 amide bonds. The molecule has 0 radical (unpaired) electrons. The Hall–Kier alpha value is -2.38. The summed E-state index contributed by atoms with van der Waals surface area (Å²) in [5.41, 5.74) is 5.37. The Labute approximate surface area is 153 Å². The minimum absolute atomic E-state index is 0.206. The SMILES string of the molecule is CC(NC(=O)C(CO)NC(=O)C(CS)NC(=O)C(N)CC(=O)O)C(=O)O. The summed E-state index contributed by atoms with van der Waals surface area (Å²) in [6, 6.07) is -5.36. The molecule has 0 bridgehead atoms. The largest absolute Gasteiger partial charge is 0.481 e. The first kappa shape index (κ1) is 23.6. The van der Waals surface area contributed by atoms with Crippen molar-refractivity contribution in [2.75, 3.05) is 12.4 Å². The number of aliphatic hydroxyl groups excluding tert-OH is 1. The van der Waals surface area contributed by atoms with E-state index in [4.69, 9.17) is 15.9 Å². The van der Waals surface area contributed by atoms with Gasteiger partial charge in [0.1, 0.15) is 18.1 Å². The molecule has 4 atom stereocenters. The molecule has 0 saturated carbocycles. The second-order valence-corrected chi connectivity index (χ2v) is 5.63. The number of carboxylic acid groups (broad SMARTS) is 2. The molecule has 4 unspecified atom stereocenters. The zero-order valence-electron chi connectivity index (χ0n) is 13.8. The highest BCUT2D eigenvalue weighted by Crippen LogP contribution is 1.96. The van der Waals surface area contributed by atoms with Gasteiger partial charge in [-0.1, -0.05) is 0 Å². The van der Waals surface area contributed by atoms with Crippen LogP contribution in [-0.4, -0.2) is 81.5 Å². The molecular formula is C13H22N4O8S. The van der Waals surface area contributed by atoms with Gasteiger partial charge in [-0.05, 0) is 6.92 Å². The minimum atomic E-state index is -1.46. The molecule has 12 nitrogen and oxygen atoms in total.